The average Bonchev–Trinajstić information content (AvgIpc) is 2.60. The van der Waals surface area contributed by atoms with Crippen molar-refractivity contribution in [3.05, 3.63) is 68.7 Å². The van der Waals surface area contributed by atoms with Crippen LogP contribution in [0.25, 0.3) is 0 Å². The summed E-state index contributed by atoms with van der Waals surface area (Å²) in [5.74, 6) is -2.10. The molecule has 0 heterocycles. The average molecular weight is 378 g/mol. The number of carboxylic acids is 1. The van der Waals surface area contributed by atoms with E-state index in [0.29, 0.717) is 5.02 Å². The molecule has 136 valence electrons. The number of carbonyl (C=O) groups is 2. The Morgan fingerprint density at radius 1 is 1.19 bits per heavy atom. The standard InChI is InChI=1S/C17H15ClN2O6/c1-26-14-4-2-3-12(16(14)20(24)25)9-19(10-15(21)22)17(23)11-5-7-13(18)8-6-11/h2-8H,9-10H2,1H3,(H,21,22)/p-1. The summed E-state index contributed by atoms with van der Waals surface area (Å²) < 4.78 is 4.98. The SMILES string of the molecule is COc1cccc(CN(CC(=O)[O-])C(=O)c2ccc(Cl)cc2)c1[N+](=O)[O-]. The third kappa shape index (κ3) is 4.48. The van der Waals surface area contributed by atoms with Gasteiger partial charge in [-0.3, -0.25) is 14.9 Å². The highest BCUT2D eigenvalue weighted by atomic mass is 35.5. The predicted octanol–water partition coefficient (Wildman–Crippen LogP) is 1.65. The van der Waals surface area contributed by atoms with Gasteiger partial charge in [-0.2, -0.15) is 0 Å². The first-order chi connectivity index (χ1) is 12.3. The number of nitrogens with zero attached hydrogens (tertiary/aromatic N) is 2. The molecule has 0 saturated carbocycles. The molecule has 0 spiro atoms. The first-order valence-electron chi connectivity index (χ1n) is 7.38. The highest BCUT2D eigenvalue weighted by Crippen LogP contribution is 2.31. The Morgan fingerprint density at radius 3 is 2.38 bits per heavy atom. The molecular weight excluding hydrogens is 364 g/mol. The molecule has 0 atom stereocenters. The topological polar surface area (TPSA) is 113 Å². The number of carboxylic acid groups (broad SMARTS) is 1. The highest BCUT2D eigenvalue weighted by Gasteiger charge is 2.24. The van der Waals surface area contributed by atoms with Gasteiger partial charge in [0.25, 0.3) is 5.91 Å². The monoisotopic (exact) mass is 377 g/mol. The molecule has 0 aliphatic heterocycles. The minimum Gasteiger partial charge on any atom is -0.548 e. The Morgan fingerprint density at radius 2 is 1.85 bits per heavy atom. The summed E-state index contributed by atoms with van der Waals surface area (Å²) in [6.07, 6.45) is 0. The number of halogens is 1. The summed E-state index contributed by atoms with van der Waals surface area (Å²) in [5, 5.41) is 22.8. The number of carbonyl (C=O) groups excluding carboxylic acids is 2. The van der Waals surface area contributed by atoms with Gasteiger partial charge in [-0.1, -0.05) is 23.7 Å². The number of amides is 1. The molecule has 1 amide bonds. The third-order valence-corrected chi connectivity index (χ3v) is 3.80. The Bertz CT molecular complexity index is 838. The summed E-state index contributed by atoms with van der Waals surface area (Å²) >= 11 is 5.78. The number of nitro benzene ring substituents is 1. The van der Waals surface area contributed by atoms with Crippen LogP contribution in [0.5, 0.6) is 5.75 Å². The smallest absolute Gasteiger partial charge is 0.315 e. The van der Waals surface area contributed by atoms with Crippen LogP contribution in [-0.2, 0) is 11.3 Å². The van der Waals surface area contributed by atoms with E-state index in [2.05, 4.69) is 0 Å². The zero-order valence-corrected chi connectivity index (χ0v) is 14.4. The van der Waals surface area contributed by atoms with Crippen molar-refractivity contribution >= 4 is 29.2 Å². The van der Waals surface area contributed by atoms with Gasteiger partial charge in [-0.15, -0.1) is 0 Å². The molecule has 0 bridgehead atoms. The molecule has 0 unspecified atom stereocenters. The maximum Gasteiger partial charge on any atom is 0.315 e. The summed E-state index contributed by atoms with van der Waals surface area (Å²) in [6.45, 7) is -1.03. The summed E-state index contributed by atoms with van der Waals surface area (Å²) in [6, 6.07) is 10.2. The fourth-order valence-corrected chi connectivity index (χ4v) is 2.53. The second-order valence-corrected chi connectivity index (χ2v) is 5.70. The van der Waals surface area contributed by atoms with Crippen LogP contribution in [0.3, 0.4) is 0 Å². The zero-order valence-electron chi connectivity index (χ0n) is 13.7. The Labute approximate surface area is 153 Å². The Kier molecular flexibility index (Phi) is 6.13. The van der Waals surface area contributed by atoms with E-state index in [1.54, 1.807) is 0 Å². The molecule has 0 saturated heterocycles. The van der Waals surface area contributed by atoms with Gasteiger partial charge in [0.2, 0.25) is 0 Å². The summed E-state index contributed by atoms with van der Waals surface area (Å²) in [7, 11) is 1.28. The molecule has 2 rings (SSSR count). The lowest BCUT2D eigenvalue weighted by Gasteiger charge is -2.23. The van der Waals surface area contributed by atoms with Crippen molar-refractivity contribution in [3.63, 3.8) is 0 Å². The molecule has 9 heteroatoms. The van der Waals surface area contributed by atoms with E-state index in [-0.39, 0.29) is 29.1 Å². The predicted molar refractivity (Wildman–Crippen MR) is 90.8 cm³/mol. The molecule has 0 aliphatic rings. The first-order valence-corrected chi connectivity index (χ1v) is 7.76. The van der Waals surface area contributed by atoms with Gasteiger partial charge in [-0.05, 0) is 30.3 Å². The van der Waals surface area contributed by atoms with E-state index in [1.165, 1.54) is 49.6 Å². The van der Waals surface area contributed by atoms with Crippen LogP contribution in [0.1, 0.15) is 15.9 Å². The molecule has 0 aromatic heterocycles. The fraction of sp³-hybridized carbons (Fsp3) is 0.176. The maximum absolute atomic E-state index is 12.6. The quantitative estimate of drug-likeness (QED) is 0.535. The van der Waals surface area contributed by atoms with Gasteiger partial charge in [0, 0.05) is 10.6 Å². The number of hydrogen-bond acceptors (Lipinski definition) is 6. The molecular formula is C17H14ClN2O6-. The van der Waals surface area contributed by atoms with E-state index in [9.17, 15) is 24.8 Å². The van der Waals surface area contributed by atoms with E-state index in [0.717, 1.165) is 4.90 Å². The second kappa shape index (κ2) is 8.30. The number of nitro groups is 1. The van der Waals surface area contributed by atoms with Crippen LogP contribution in [-0.4, -0.2) is 35.4 Å². The van der Waals surface area contributed by atoms with Gasteiger partial charge >= 0.3 is 5.69 Å². The fourth-order valence-electron chi connectivity index (χ4n) is 2.40. The van der Waals surface area contributed by atoms with E-state index >= 15 is 0 Å². The maximum atomic E-state index is 12.6. The lowest BCUT2D eigenvalue weighted by Crippen LogP contribution is -2.41. The van der Waals surface area contributed by atoms with Crippen molar-refractivity contribution in [1.82, 2.24) is 4.90 Å². The van der Waals surface area contributed by atoms with Gasteiger partial charge < -0.3 is 19.5 Å². The number of para-hydroxylation sites is 1. The minimum atomic E-state index is -1.49. The molecule has 0 fully saturated rings. The van der Waals surface area contributed by atoms with Crippen molar-refractivity contribution in [1.29, 1.82) is 0 Å². The van der Waals surface area contributed by atoms with Crippen LogP contribution in [0.2, 0.25) is 5.02 Å². The van der Waals surface area contributed by atoms with Gasteiger partial charge in [0.05, 0.1) is 36.7 Å². The Balaban J connectivity index is 2.40. The molecule has 0 N–H and O–H groups in total. The molecule has 0 radical (unpaired) electrons. The molecule has 2 aromatic carbocycles. The number of benzene rings is 2. The van der Waals surface area contributed by atoms with Gasteiger partial charge in [0.15, 0.2) is 5.75 Å². The number of aliphatic carboxylic acids is 1. The number of ether oxygens (including phenoxy) is 1. The summed E-state index contributed by atoms with van der Waals surface area (Å²) in [5.41, 5.74) is 0.00127. The largest absolute Gasteiger partial charge is 0.548 e. The number of methoxy groups -OCH3 is 1. The van der Waals surface area contributed by atoms with E-state index in [1.807, 2.05) is 0 Å². The molecule has 26 heavy (non-hydrogen) atoms. The lowest BCUT2D eigenvalue weighted by atomic mass is 10.1. The van der Waals surface area contributed by atoms with Crippen molar-refractivity contribution in [2.24, 2.45) is 0 Å². The highest BCUT2D eigenvalue weighted by molar-refractivity contribution is 6.30. The van der Waals surface area contributed by atoms with Crippen LogP contribution in [0, 0.1) is 10.1 Å². The molecule has 2 aromatic rings. The van der Waals surface area contributed by atoms with E-state index < -0.39 is 23.3 Å². The van der Waals surface area contributed by atoms with Crippen LogP contribution in [0.15, 0.2) is 42.5 Å². The van der Waals surface area contributed by atoms with Crippen molar-refractivity contribution < 1.29 is 24.4 Å². The second-order valence-electron chi connectivity index (χ2n) is 5.27. The molecule has 8 nitrogen and oxygen atoms in total. The van der Waals surface area contributed by atoms with Crippen molar-refractivity contribution in [2.45, 2.75) is 6.54 Å². The number of hydrogen-bond donors (Lipinski definition) is 0. The zero-order chi connectivity index (χ0) is 19.3. The lowest BCUT2D eigenvalue weighted by molar-refractivity contribution is -0.386. The normalized spacial score (nSPS) is 10.2. The van der Waals surface area contributed by atoms with Gasteiger partial charge in [0.1, 0.15) is 0 Å². The Hall–Kier alpha value is -3.13. The van der Waals surface area contributed by atoms with Crippen LogP contribution in [0.4, 0.5) is 5.69 Å². The minimum absolute atomic E-state index is 0.0137. The van der Waals surface area contributed by atoms with Crippen molar-refractivity contribution in [3.8, 4) is 5.75 Å². The van der Waals surface area contributed by atoms with Crippen LogP contribution >= 0.6 is 11.6 Å². The first kappa shape index (κ1) is 19.2. The van der Waals surface area contributed by atoms with E-state index in [4.69, 9.17) is 16.3 Å². The summed E-state index contributed by atoms with van der Waals surface area (Å²) in [4.78, 5) is 35.3. The van der Waals surface area contributed by atoms with Crippen LogP contribution < -0.4 is 9.84 Å². The number of rotatable bonds is 7. The van der Waals surface area contributed by atoms with Crippen molar-refractivity contribution in [2.75, 3.05) is 13.7 Å². The van der Waals surface area contributed by atoms with Gasteiger partial charge in [-0.25, -0.2) is 0 Å². The third-order valence-electron chi connectivity index (χ3n) is 3.54. The molecule has 0 aliphatic carbocycles.